The lowest BCUT2D eigenvalue weighted by atomic mass is 9.70. The van der Waals surface area contributed by atoms with Crippen LogP contribution >= 0.6 is 0 Å². The highest BCUT2D eigenvalue weighted by Crippen LogP contribution is 2.40. The third kappa shape index (κ3) is 3.03. The molecule has 0 N–H and O–H groups in total. The Labute approximate surface area is 143 Å². The van der Waals surface area contributed by atoms with E-state index in [-0.39, 0.29) is 17.6 Å². The fraction of sp³-hybridized carbons (Fsp3) is 0.381. The van der Waals surface area contributed by atoms with Crippen LogP contribution in [0.25, 0.3) is 0 Å². The van der Waals surface area contributed by atoms with E-state index in [1.54, 1.807) is 14.2 Å². The molecule has 0 heterocycles. The molecule has 0 aromatic heterocycles. The second-order valence-electron chi connectivity index (χ2n) is 6.37. The molecule has 3 rings (SSSR count). The molecule has 1 aliphatic rings. The summed E-state index contributed by atoms with van der Waals surface area (Å²) in [5.41, 5.74) is 3.16. The molecule has 1 aliphatic carbocycles. The fourth-order valence-electron chi connectivity index (χ4n) is 3.70. The zero-order chi connectivity index (χ0) is 17.1. The van der Waals surface area contributed by atoms with Crippen LogP contribution in [0.3, 0.4) is 0 Å². The maximum absolute atomic E-state index is 13.1. The minimum atomic E-state index is 0.0306. The number of fused-ring (bicyclic) bond motifs is 1. The van der Waals surface area contributed by atoms with E-state index in [4.69, 9.17) is 9.47 Å². The van der Waals surface area contributed by atoms with Crippen molar-refractivity contribution in [2.24, 2.45) is 5.92 Å². The molecule has 2 unspecified atom stereocenters. The zero-order valence-electron chi connectivity index (χ0n) is 14.5. The molecule has 0 bridgehead atoms. The number of ketones is 1. The van der Waals surface area contributed by atoms with E-state index in [0.717, 1.165) is 41.9 Å². The molecule has 2 atom stereocenters. The quantitative estimate of drug-likeness (QED) is 0.803. The largest absolute Gasteiger partial charge is 0.497 e. The summed E-state index contributed by atoms with van der Waals surface area (Å²) in [7, 11) is 3.31. The SMILES string of the molecule is CCCC1C(=O)c2cc(OC)ccc2CC1c1ccc(OC)cc1. The first-order valence-electron chi connectivity index (χ1n) is 8.53. The first-order valence-corrected chi connectivity index (χ1v) is 8.53. The van der Waals surface area contributed by atoms with Crippen LogP contribution in [-0.4, -0.2) is 20.0 Å². The number of carbonyl (C=O) groups is 1. The predicted molar refractivity (Wildman–Crippen MR) is 95.2 cm³/mol. The monoisotopic (exact) mass is 324 g/mol. The zero-order valence-corrected chi connectivity index (χ0v) is 14.5. The lowest BCUT2D eigenvalue weighted by molar-refractivity contribution is 0.0875. The summed E-state index contributed by atoms with van der Waals surface area (Å²) in [5, 5.41) is 0. The van der Waals surface area contributed by atoms with Gasteiger partial charge in [-0.3, -0.25) is 4.79 Å². The van der Waals surface area contributed by atoms with Gasteiger partial charge in [-0.2, -0.15) is 0 Å². The van der Waals surface area contributed by atoms with Crippen LogP contribution in [0.4, 0.5) is 0 Å². The molecule has 126 valence electrons. The minimum absolute atomic E-state index is 0.0306. The van der Waals surface area contributed by atoms with E-state index in [1.165, 1.54) is 5.56 Å². The van der Waals surface area contributed by atoms with Gasteiger partial charge in [0, 0.05) is 11.5 Å². The summed E-state index contributed by atoms with van der Waals surface area (Å²) >= 11 is 0. The van der Waals surface area contributed by atoms with E-state index in [1.807, 2.05) is 30.3 Å². The lowest BCUT2D eigenvalue weighted by Crippen LogP contribution is -2.30. The summed E-state index contributed by atoms with van der Waals surface area (Å²) in [6, 6.07) is 14.0. The van der Waals surface area contributed by atoms with E-state index in [2.05, 4.69) is 19.1 Å². The second-order valence-corrected chi connectivity index (χ2v) is 6.37. The van der Waals surface area contributed by atoms with Crippen LogP contribution in [0.5, 0.6) is 11.5 Å². The Morgan fingerprint density at radius 2 is 1.67 bits per heavy atom. The average Bonchev–Trinajstić information content (AvgIpc) is 2.64. The lowest BCUT2D eigenvalue weighted by Gasteiger charge is -2.32. The van der Waals surface area contributed by atoms with Gasteiger partial charge in [0.15, 0.2) is 5.78 Å². The summed E-state index contributed by atoms with van der Waals surface area (Å²) in [4.78, 5) is 13.1. The van der Waals surface area contributed by atoms with Crippen molar-refractivity contribution in [2.45, 2.75) is 32.1 Å². The second kappa shape index (κ2) is 7.08. The summed E-state index contributed by atoms with van der Waals surface area (Å²) in [6.45, 7) is 2.14. The smallest absolute Gasteiger partial charge is 0.166 e. The van der Waals surface area contributed by atoms with Crippen LogP contribution in [-0.2, 0) is 6.42 Å². The van der Waals surface area contributed by atoms with Crippen molar-refractivity contribution >= 4 is 5.78 Å². The van der Waals surface area contributed by atoms with Gasteiger partial charge in [-0.1, -0.05) is 31.5 Å². The number of methoxy groups -OCH3 is 2. The minimum Gasteiger partial charge on any atom is -0.497 e. The van der Waals surface area contributed by atoms with Crippen LogP contribution < -0.4 is 9.47 Å². The van der Waals surface area contributed by atoms with Crippen LogP contribution in [0.2, 0.25) is 0 Å². The molecular formula is C21H24O3. The van der Waals surface area contributed by atoms with Gasteiger partial charge in [0.25, 0.3) is 0 Å². The maximum atomic E-state index is 13.1. The summed E-state index contributed by atoms with van der Waals surface area (Å²) in [5.74, 6) is 2.10. The van der Waals surface area contributed by atoms with Crippen molar-refractivity contribution in [2.75, 3.05) is 14.2 Å². The molecule has 0 spiro atoms. The van der Waals surface area contributed by atoms with Crippen molar-refractivity contribution in [1.82, 2.24) is 0 Å². The summed E-state index contributed by atoms with van der Waals surface area (Å²) < 4.78 is 10.5. The number of ether oxygens (including phenoxy) is 2. The van der Waals surface area contributed by atoms with E-state index in [0.29, 0.717) is 0 Å². The Kier molecular flexibility index (Phi) is 4.89. The van der Waals surface area contributed by atoms with E-state index < -0.39 is 0 Å². The number of hydrogen-bond donors (Lipinski definition) is 0. The van der Waals surface area contributed by atoms with Gasteiger partial charge in [-0.15, -0.1) is 0 Å². The van der Waals surface area contributed by atoms with Crippen LogP contribution in [0.1, 0.15) is 47.2 Å². The molecule has 0 fully saturated rings. The standard InChI is InChI=1S/C21H24O3/c1-4-5-18-19(14-6-9-16(23-2)10-7-14)12-15-8-11-17(24-3)13-20(15)21(18)22/h6-11,13,18-19H,4-5,12H2,1-3H3. The third-order valence-corrected chi connectivity index (χ3v) is 4.99. The molecule has 2 aromatic carbocycles. The van der Waals surface area contributed by atoms with Gasteiger partial charge in [0.05, 0.1) is 14.2 Å². The number of hydrogen-bond acceptors (Lipinski definition) is 3. The van der Waals surface area contributed by atoms with Gasteiger partial charge in [-0.25, -0.2) is 0 Å². The fourth-order valence-corrected chi connectivity index (χ4v) is 3.70. The van der Waals surface area contributed by atoms with Crippen molar-refractivity contribution in [3.8, 4) is 11.5 Å². The average molecular weight is 324 g/mol. The Morgan fingerprint density at radius 1 is 1.00 bits per heavy atom. The molecular weight excluding hydrogens is 300 g/mol. The van der Waals surface area contributed by atoms with Gasteiger partial charge >= 0.3 is 0 Å². The van der Waals surface area contributed by atoms with Gasteiger partial charge in [-0.05, 0) is 54.2 Å². The number of Topliss-reactive ketones (excluding diaryl/α,β-unsaturated/α-hetero) is 1. The molecule has 0 saturated carbocycles. The maximum Gasteiger partial charge on any atom is 0.166 e. The highest BCUT2D eigenvalue weighted by Gasteiger charge is 2.35. The van der Waals surface area contributed by atoms with Crippen molar-refractivity contribution < 1.29 is 14.3 Å². The summed E-state index contributed by atoms with van der Waals surface area (Å²) in [6.07, 6.45) is 2.80. The number of benzene rings is 2. The van der Waals surface area contributed by atoms with Crippen LogP contribution in [0, 0.1) is 5.92 Å². The van der Waals surface area contributed by atoms with E-state index >= 15 is 0 Å². The van der Waals surface area contributed by atoms with Gasteiger partial charge < -0.3 is 9.47 Å². The molecule has 0 amide bonds. The Balaban J connectivity index is 1.99. The number of carbonyl (C=O) groups excluding carboxylic acids is 1. The molecule has 24 heavy (non-hydrogen) atoms. The topological polar surface area (TPSA) is 35.5 Å². The molecule has 0 aliphatic heterocycles. The Morgan fingerprint density at radius 3 is 2.29 bits per heavy atom. The Bertz CT molecular complexity index is 718. The molecule has 0 saturated heterocycles. The van der Waals surface area contributed by atoms with Crippen LogP contribution in [0.15, 0.2) is 42.5 Å². The molecule has 3 heteroatoms. The van der Waals surface area contributed by atoms with E-state index in [9.17, 15) is 4.79 Å². The van der Waals surface area contributed by atoms with Crippen molar-refractivity contribution in [3.05, 3.63) is 59.2 Å². The third-order valence-electron chi connectivity index (χ3n) is 4.99. The van der Waals surface area contributed by atoms with Gasteiger partial charge in [0.1, 0.15) is 11.5 Å². The Hall–Kier alpha value is -2.29. The highest BCUT2D eigenvalue weighted by atomic mass is 16.5. The first kappa shape index (κ1) is 16.6. The van der Waals surface area contributed by atoms with Crippen molar-refractivity contribution in [1.29, 1.82) is 0 Å². The van der Waals surface area contributed by atoms with Crippen molar-refractivity contribution in [3.63, 3.8) is 0 Å². The first-order chi connectivity index (χ1) is 11.7. The molecule has 2 aromatic rings. The number of rotatable bonds is 5. The highest BCUT2D eigenvalue weighted by molar-refractivity contribution is 6.01. The normalized spacial score (nSPS) is 19.7. The van der Waals surface area contributed by atoms with Gasteiger partial charge in [0.2, 0.25) is 0 Å². The molecule has 0 radical (unpaired) electrons. The predicted octanol–water partition coefficient (Wildman–Crippen LogP) is 4.64. The molecule has 3 nitrogen and oxygen atoms in total.